The molecule has 6 heteroatoms. The summed E-state index contributed by atoms with van der Waals surface area (Å²) in [5.74, 6) is 0.676. The summed E-state index contributed by atoms with van der Waals surface area (Å²) in [4.78, 5) is 34.4. The molecule has 35 heavy (non-hydrogen) atoms. The highest BCUT2D eigenvalue weighted by atomic mass is 35.5. The van der Waals surface area contributed by atoms with Gasteiger partial charge in [0, 0.05) is 17.1 Å². The SMILES string of the molecule is CCC(c1nc2ccccc2c(=O)n1-c1cccc(Cl)c1)N(CC(C)C)C(=O)c1ccc(C)cc1. The fourth-order valence-corrected chi connectivity index (χ4v) is 4.57. The predicted molar refractivity (Wildman–Crippen MR) is 142 cm³/mol. The monoisotopic (exact) mass is 487 g/mol. The summed E-state index contributed by atoms with van der Waals surface area (Å²) in [5.41, 5.74) is 2.76. The maximum absolute atomic E-state index is 13.8. The fraction of sp³-hybridized carbons (Fsp3) is 0.276. The number of benzene rings is 3. The molecule has 5 nitrogen and oxygen atoms in total. The molecule has 0 bridgehead atoms. The second-order valence-electron chi connectivity index (χ2n) is 9.25. The van der Waals surface area contributed by atoms with Gasteiger partial charge >= 0.3 is 0 Å². The number of aromatic nitrogens is 2. The van der Waals surface area contributed by atoms with E-state index in [1.54, 1.807) is 22.8 Å². The standard InChI is InChI=1S/C29H30ClN3O2/c1-5-26(32(18-19(2)3)28(34)21-15-13-20(4)14-16-21)27-31-25-12-7-6-11-24(25)29(35)33(27)23-10-8-9-22(30)17-23/h6-17,19,26H,5,18H2,1-4H3. The second-order valence-corrected chi connectivity index (χ2v) is 9.69. The van der Waals surface area contributed by atoms with Gasteiger partial charge in [-0.15, -0.1) is 0 Å². The summed E-state index contributed by atoms with van der Waals surface area (Å²) >= 11 is 6.31. The van der Waals surface area contributed by atoms with Crippen LogP contribution in [-0.4, -0.2) is 26.9 Å². The Morgan fingerprint density at radius 2 is 1.74 bits per heavy atom. The number of carbonyl (C=O) groups excluding carboxylic acids is 1. The van der Waals surface area contributed by atoms with Crippen LogP contribution >= 0.6 is 11.6 Å². The molecule has 0 fully saturated rings. The first-order valence-corrected chi connectivity index (χ1v) is 12.3. The molecule has 1 aromatic heterocycles. The molecule has 0 saturated heterocycles. The van der Waals surface area contributed by atoms with Crippen LogP contribution in [0.15, 0.2) is 77.6 Å². The summed E-state index contributed by atoms with van der Waals surface area (Å²) in [7, 11) is 0. The zero-order chi connectivity index (χ0) is 25.1. The minimum absolute atomic E-state index is 0.0781. The van der Waals surface area contributed by atoms with Gasteiger partial charge in [0.2, 0.25) is 0 Å². The van der Waals surface area contributed by atoms with Crippen molar-refractivity contribution in [1.29, 1.82) is 0 Å². The van der Waals surface area contributed by atoms with Crippen LogP contribution in [0.5, 0.6) is 0 Å². The first kappa shape index (κ1) is 24.7. The molecule has 0 N–H and O–H groups in total. The number of aryl methyl sites for hydroxylation is 1. The summed E-state index contributed by atoms with van der Waals surface area (Å²) < 4.78 is 1.61. The van der Waals surface area contributed by atoms with Crippen molar-refractivity contribution in [3.05, 3.63) is 105 Å². The average Bonchev–Trinajstić information content (AvgIpc) is 2.84. The molecular weight excluding hydrogens is 458 g/mol. The Balaban J connectivity index is 1.96. The lowest BCUT2D eigenvalue weighted by Crippen LogP contribution is -2.40. The molecule has 0 spiro atoms. The molecule has 0 aliphatic rings. The van der Waals surface area contributed by atoms with Crippen LogP contribution in [-0.2, 0) is 0 Å². The normalized spacial score (nSPS) is 12.2. The van der Waals surface area contributed by atoms with Crippen LogP contribution in [0.3, 0.4) is 0 Å². The largest absolute Gasteiger partial charge is 0.328 e. The molecule has 0 aliphatic carbocycles. The van der Waals surface area contributed by atoms with Crippen LogP contribution in [0.1, 0.15) is 55.0 Å². The van der Waals surface area contributed by atoms with Crippen molar-refractivity contribution < 1.29 is 4.79 Å². The van der Waals surface area contributed by atoms with E-state index in [1.165, 1.54) is 0 Å². The van der Waals surface area contributed by atoms with E-state index in [4.69, 9.17) is 16.6 Å². The number of rotatable bonds is 7. The highest BCUT2D eigenvalue weighted by molar-refractivity contribution is 6.30. The zero-order valence-corrected chi connectivity index (χ0v) is 21.3. The van der Waals surface area contributed by atoms with Crippen molar-refractivity contribution in [3.63, 3.8) is 0 Å². The molecule has 4 rings (SSSR count). The first-order chi connectivity index (χ1) is 16.8. The minimum atomic E-state index is -0.414. The van der Waals surface area contributed by atoms with Crippen LogP contribution < -0.4 is 5.56 Å². The molecule has 0 aliphatic heterocycles. The molecule has 1 heterocycles. The third-order valence-electron chi connectivity index (χ3n) is 6.05. The van der Waals surface area contributed by atoms with E-state index in [2.05, 4.69) is 13.8 Å². The molecule has 1 atom stereocenters. The van der Waals surface area contributed by atoms with Crippen molar-refractivity contribution >= 4 is 28.4 Å². The maximum atomic E-state index is 13.8. The summed E-state index contributed by atoms with van der Waals surface area (Å²) in [6, 6.07) is 21.7. The topological polar surface area (TPSA) is 55.2 Å². The van der Waals surface area contributed by atoms with Gasteiger partial charge in [-0.3, -0.25) is 14.2 Å². The Morgan fingerprint density at radius 1 is 1.03 bits per heavy atom. The van der Waals surface area contributed by atoms with Gasteiger partial charge in [-0.05, 0) is 61.7 Å². The van der Waals surface area contributed by atoms with Gasteiger partial charge in [-0.1, -0.05) is 68.3 Å². The molecule has 180 valence electrons. The first-order valence-electron chi connectivity index (χ1n) is 12.0. The van der Waals surface area contributed by atoms with Crippen LogP contribution in [0, 0.1) is 12.8 Å². The maximum Gasteiger partial charge on any atom is 0.266 e. The number of hydrogen-bond donors (Lipinski definition) is 0. The minimum Gasteiger partial charge on any atom is -0.328 e. The van der Waals surface area contributed by atoms with Gasteiger partial charge < -0.3 is 4.90 Å². The van der Waals surface area contributed by atoms with E-state index in [9.17, 15) is 9.59 Å². The second kappa shape index (κ2) is 10.4. The van der Waals surface area contributed by atoms with Crippen LogP contribution in [0.25, 0.3) is 16.6 Å². The Morgan fingerprint density at radius 3 is 2.40 bits per heavy atom. The Hall–Kier alpha value is -3.44. The van der Waals surface area contributed by atoms with E-state index < -0.39 is 6.04 Å². The average molecular weight is 488 g/mol. The van der Waals surface area contributed by atoms with E-state index in [0.29, 0.717) is 46.0 Å². The quantitative estimate of drug-likeness (QED) is 0.295. The van der Waals surface area contributed by atoms with Crippen molar-refractivity contribution in [1.82, 2.24) is 14.5 Å². The third-order valence-corrected chi connectivity index (χ3v) is 6.29. The van der Waals surface area contributed by atoms with Crippen LogP contribution in [0.4, 0.5) is 0 Å². The lowest BCUT2D eigenvalue weighted by atomic mass is 10.0. The Kier molecular flexibility index (Phi) is 7.37. The van der Waals surface area contributed by atoms with Crippen molar-refractivity contribution in [2.45, 2.75) is 40.2 Å². The third kappa shape index (κ3) is 5.15. The van der Waals surface area contributed by atoms with Gasteiger partial charge in [0.25, 0.3) is 11.5 Å². The summed E-state index contributed by atoms with van der Waals surface area (Å²) in [6.45, 7) is 8.71. The summed E-state index contributed by atoms with van der Waals surface area (Å²) in [6.07, 6.45) is 0.593. The highest BCUT2D eigenvalue weighted by Crippen LogP contribution is 2.29. The Labute approximate surface area is 211 Å². The fourth-order valence-electron chi connectivity index (χ4n) is 4.39. The summed E-state index contributed by atoms with van der Waals surface area (Å²) in [5, 5.41) is 1.04. The molecule has 0 saturated carbocycles. The number of carbonyl (C=O) groups is 1. The lowest BCUT2D eigenvalue weighted by molar-refractivity contribution is 0.0631. The van der Waals surface area contributed by atoms with Gasteiger partial charge in [-0.2, -0.15) is 0 Å². The number of halogens is 1. The molecular formula is C29H30ClN3O2. The highest BCUT2D eigenvalue weighted by Gasteiger charge is 2.30. The van der Waals surface area contributed by atoms with E-state index in [1.807, 2.05) is 73.3 Å². The predicted octanol–water partition coefficient (Wildman–Crippen LogP) is 6.60. The zero-order valence-electron chi connectivity index (χ0n) is 20.5. The Bertz CT molecular complexity index is 1410. The van der Waals surface area contributed by atoms with Crippen molar-refractivity contribution in [3.8, 4) is 5.69 Å². The molecule has 1 unspecified atom stereocenters. The van der Waals surface area contributed by atoms with Crippen molar-refractivity contribution in [2.75, 3.05) is 6.54 Å². The number of nitrogens with zero attached hydrogens (tertiary/aromatic N) is 3. The number of para-hydroxylation sites is 1. The van der Waals surface area contributed by atoms with Gasteiger partial charge in [0.15, 0.2) is 0 Å². The number of amides is 1. The van der Waals surface area contributed by atoms with Gasteiger partial charge in [0.1, 0.15) is 5.82 Å². The molecule has 0 radical (unpaired) electrons. The lowest BCUT2D eigenvalue weighted by Gasteiger charge is -2.33. The van der Waals surface area contributed by atoms with Crippen molar-refractivity contribution in [2.24, 2.45) is 5.92 Å². The van der Waals surface area contributed by atoms with E-state index in [-0.39, 0.29) is 17.4 Å². The van der Waals surface area contributed by atoms with Gasteiger partial charge in [0.05, 0.1) is 22.6 Å². The number of fused-ring (bicyclic) bond motifs is 1. The molecule has 4 aromatic rings. The smallest absolute Gasteiger partial charge is 0.266 e. The van der Waals surface area contributed by atoms with E-state index >= 15 is 0 Å². The van der Waals surface area contributed by atoms with Gasteiger partial charge in [-0.25, -0.2) is 4.98 Å². The molecule has 1 amide bonds. The number of hydrogen-bond acceptors (Lipinski definition) is 3. The van der Waals surface area contributed by atoms with Crippen LogP contribution in [0.2, 0.25) is 5.02 Å². The molecule has 3 aromatic carbocycles. The van der Waals surface area contributed by atoms with E-state index in [0.717, 1.165) is 5.56 Å².